The fraction of sp³-hybridized carbons (Fsp3) is 0.227. The molecule has 1 atom stereocenters. The molecule has 0 saturated heterocycles. The van der Waals surface area contributed by atoms with Crippen LogP contribution in [0.3, 0.4) is 0 Å². The number of amides is 1. The third kappa shape index (κ3) is 4.03. The first-order valence-corrected chi connectivity index (χ1v) is 8.83. The third-order valence-electron chi connectivity index (χ3n) is 4.42. The molecule has 3 rings (SSSR count). The number of hydrogen-bond acceptors (Lipinski definition) is 3. The van der Waals surface area contributed by atoms with Crippen LogP contribution in [0.1, 0.15) is 35.8 Å². The summed E-state index contributed by atoms with van der Waals surface area (Å²) >= 11 is 0. The van der Waals surface area contributed by atoms with Gasteiger partial charge in [0.1, 0.15) is 5.75 Å². The molecule has 140 valence electrons. The van der Waals surface area contributed by atoms with E-state index in [2.05, 4.69) is 5.32 Å². The lowest BCUT2D eigenvalue weighted by Gasteiger charge is -2.17. The average molecular weight is 367 g/mol. The molecule has 1 amide bonds. The number of hydrogen-bond donors (Lipinski definition) is 1. The summed E-state index contributed by atoms with van der Waals surface area (Å²) < 4.78 is 24.6. The van der Waals surface area contributed by atoms with Crippen molar-refractivity contribution in [3.8, 4) is 11.5 Å². The number of methoxy groups -OCH3 is 1. The Balaban J connectivity index is 1.88. The van der Waals surface area contributed by atoms with E-state index in [0.29, 0.717) is 23.5 Å². The smallest absolute Gasteiger partial charge is 0.255 e. The highest BCUT2D eigenvalue weighted by molar-refractivity contribution is 6.01. The molecule has 0 bridgehead atoms. The maximum atomic E-state index is 14.0. The van der Waals surface area contributed by atoms with Crippen LogP contribution in [0.2, 0.25) is 0 Å². The predicted molar refractivity (Wildman–Crippen MR) is 104 cm³/mol. The first-order chi connectivity index (χ1) is 13.0. The van der Waals surface area contributed by atoms with Gasteiger partial charge in [0.15, 0.2) is 11.6 Å². The molecule has 0 aliphatic rings. The van der Waals surface area contributed by atoms with Gasteiger partial charge in [-0.2, -0.15) is 0 Å². The zero-order valence-corrected chi connectivity index (χ0v) is 15.6. The molecule has 0 spiro atoms. The van der Waals surface area contributed by atoms with E-state index in [-0.39, 0.29) is 17.7 Å². The number of halogens is 1. The van der Waals surface area contributed by atoms with Crippen molar-refractivity contribution >= 4 is 16.7 Å². The Morgan fingerprint density at radius 3 is 2.41 bits per heavy atom. The SMILES string of the molecule is CCOc1cc2ccccc2cc1C(=O)NC(C)c1ccc(OC)c(F)c1. The third-order valence-corrected chi connectivity index (χ3v) is 4.42. The van der Waals surface area contributed by atoms with E-state index in [9.17, 15) is 9.18 Å². The predicted octanol–water partition coefficient (Wildman–Crippen LogP) is 4.88. The fourth-order valence-corrected chi connectivity index (χ4v) is 2.98. The lowest BCUT2D eigenvalue weighted by Crippen LogP contribution is -2.27. The lowest BCUT2D eigenvalue weighted by molar-refractivity contribution is 0.0936. The normalized spacial score (nSPS) is 11.9. The van der Waals surface area contributed by atoms with E-state index in [0.717, 1.165) is 10.8 Å². The van der Waals surface area contributed by atoms with Crippen LogP contribution in [0.15, 0.2) is 54.6 Å². The van der Waals surface area contributed by atoms with Gasteiger partial charge in [-0.15, -0.1) is 0 Å². The van der Waals surface area contributed by atoms with Crippen LogP contribution in [0.25, 0.3) is 10.8 Å². The highest BCUT2D eigenvalue weighted by atomic mass is 19.1. The van der Waals surface area contributed by atoms with E-state index >= 15 is 0 Å². The van der Waals surface area contributed by atoms with Gasteiger partial charge >= 0.3 is 0 Å². The van der Waals surface area contributed by atoms with Crippen molar-refractivity contribution < 1.29 is 18.7 Å². The van der Waals surface area contributed by atoms with E-state index < -0.39 is 5.82 Å². The van der Waals surface area contributed by atoms with E-state index in [1.54, 1.807) is 19.1 Å². The summed E-state index contributed by atoms with van der Waals surface area (Å²) in [6, 6.07) is 15.7. The molecule has 5 heteroatoms. The molecule has 0 radical (unpaired) electrons. The van der Waals surface area contributed by atoms with Crippen LogP contribution in [-0.4, -0.2) is 19.6 Å². The Labute approximate surface area is 157 Å². The maximum absolute atomic E-state index is 14.0. The second-order valence-corrected chi connectivity index (χ2v) is 6.22. The van der Waals surface area contributed by atoms with Crippen LogP contribution in [0.4, 0.5) is 4.39 Å². The highest BCUT2D eigenvalue weighted by Crippen LogP contribution is 2.27. The number of carbonyl (C=O) groups is 1. The number of carbonyl (C=O) groups excluding carboxylic acids is 1. The van der Waals surface area contributed by atoms with E-state index in [4.69, 9.17) is 9.47 Å². The monoisotopic (exact) mass is 367 g/mol. The van der Waals surface area contributed by atoms with Crippen molar-refractivity contribution in [2.24, 2.45) is 0 Å². The van der Waals surface area contributed by atoms with Gasteiger partial charge in [-0.05, 0) is 54.4 Å². The molecule has 4 nitrogen and oxygen atoms in total. The summed E-state index contributed by atoms with van der Waals surface area (Å²) in [5.74, 6) is -0.0306. The number of fused-ring (bicyclic) bond motifs is 1. The molecule has 0 aliphatic heterocycles. The molecular weight excluding hydrogens is 345 g/mol. The second kappa shape index (κ2) is 8.08. The van der Waals surface area contributed by atoms with Crippen molar-refractivity contribution in [2.45, 2.75) is 19.9 Å². The zero-order valence-electron chi connectivity index (χ0n) is 15.6. The van der Waals surface area contributed by atoms with Crippen LogP contribution in [0, 0.1) is 5.82 Å². The minimum atomic E-state index is -0.461. The summed E-state index contributed by atoms with van der Waals surface area (Å²) in [7, 11) is 1.41. The van der Waals surface area contributed by atoms with Gasteiger partial charge in [-0.1, -0.05) is 30.3 Å². The molecule has 3 aromatic carbocycles. The molecule has 0 aliphatic carbocycles. The van der Waals surface area contributed by atoms with Gasteiger partial charge in [-0.25, -0.2) is 4.39 Å². The zero-order chi connectivity index (χ0) is 19.4. The maximum Gasteiger partial charge on any atom is 0.255 e. The van der Waals surface area contributed by atoms with Gasteiger partial charge in [0.05, 0.1) is 25.3 Å². The van der Waals surface area contributed by atoms with Crippen molar-refractivity contribution in [1.29, 1.82) is 0 Å². The number of benzene rings is 3. The number of ether oxygens (including phenoxy) is 2. The Bertz CT molecular complexity index is 971. The van der Waals surface area contributed by atoms with Gasteiger partial charge in [0.25, 0.3) is 5.91 Å². The quantitative estimate of drug-likeness (QED) is 0.676. The number of rotatable bonds is 6. The Hall–Kier alpha value is -3.08. The summed E-state index contributed by atoms with van der Waals surface area (Å²) in [6.07, 6.45) is 0. The van der Waals surface area contributed by atoms with Crippen molar-refractivity contribution in [1.82, 2.24) is 5.32 Å². The average Bonchev–Trinajstić information content (AvgIpc) is 2.67. The Kier molecular flexibility index (Phi) is 5.60. The van der Waals surface area contributed by atoms with Crippen molar-refractivity contribution in [2.75, 3.05) is 13.7 Å². The van der Waals surface area contributed by atoms with Crippen LogP contribution < -0.4 is 14.8 Å². The molecule has 0 aromatic heterocycles. The summed E-state index contributed by atoms with van der Waals surface area (Å²) in [5, 5.41) is 4.87. The first kappa shape index (κ1) is 18.7. The molecule has 1 unspecified atom stereocenters. The molecule has 0 heterocycles. The van der Waals surface area contributed by atoms with Gasteiger partial charge < -0.3 is 14.8 Å². The van der Waals surface area contributed by atoms with Gasteiger partial charge in [0.2, 0.25) is 0 Å². The largest absolute Gasteiger partial charge is 0.494 e. The van der Waals surface area contributed by atoms with Crippen molar-refractivity contribution in [3.63, 3.8) is 0 Å². The summed E-state index contributed by atoms with van der Waals surface area (Å²) in [4.78, 5) is 12.9. The molecule has 0 fully saturated rings. The molecule has 0 saturated carbocycles. The Morgan fingerprint density at radius 2 is 1.78 bits per heavy atom. The Morgan fingerprint density at radius 1 is 1.07 bits per heavy atom. The first-order valence-electron chi connectivity index (χ1n) is 8.83. The van der Waals surface area contributed by atoms with Gasteiger partial charge in [-0.3, -0.25) is 4.79 Å². The standard InChI is InChI=1S/C22H22FNO3/c1-4-27-21-13-17-8-6-5-7-16(17)11-18(21)22(25)24-14(2)15-9-10-20(26-3)19(23)12-15/h5-14H,4H2,1-3H3,(H,24,25). The molecule has 1 N–H and O–H groups in total. The fourth-order valence-electron chi connectivity index (χ4n) is 2.98. The number of nitrogens with one attached hydrogen (secondary N) is 1. The van der Waals surface area contributed by atoms with E-state index in [1.807, 2.05) is 43.3 Å². The minimum Gasteiger partial charge on any atom is -0.494 e. The van der Waals surface area contributed by atoms with Gasteiger partial charge in [0, 0.05) is 0 Å². The summed E-state index contributed by atoms with van der Waals surface area (Å²) in [6.45, 7) is 4.14. The minimum absolute atomic E-state index is 0.172. The van der Waals surface area contributed by atoms with Crippen LogP contribution in [0.5, 0.6) is 11.5 Å². The second-order valence-electron chi connectivity index (χ2n) is 6.22. The topological polar surface area (TPSA) is 47.6 Å². The summed E-state index contributed by atoms with van der Waals surface area (Å²) in [5.41, 5.74) is 1.11. The van der Waals surface area contributed by atoms with E-state index in [1.165, 1.54) is 13.2 Å². The molecule has 3 aromatic rings. The molecule has 27 heavy (non-hydrogen) atoms. The van der Waals surface area contributed by atoms with Crippen LogP contribution in [-0.2, 0) is 0 Å². The molecular formula is C22H22FNO3. The van der Waals surface area contributed by atoms with Crippen LogP contribution >= 0.6 is 0 Å². The highest BCUT2D eigenvalue weighted by Gasteiger charge is 2.18. The van der Waals surface area contributed by atoms with Crippen molar-refractivity contribution in [3.05, 3.63) is 71.5 Å². The lowest BCUT2D eigenvalue weighted by atomic mass is 10.0.